The van der Waals surface area contributed by atoms with Crippen LogP contribution in [0.1, 0.15) is 31.8 Å². The summed E-state index contributed by atoms with van der Waals surface area (Å²) < 4.78 is 0. The number of hydrogen-bond acceptors (Lipinski definition) is 6. The summed E-state index contributed by atoms with van der Waals surface area (Å²) in [6, 6.07) is 2.62. The largest absolute Gasteiger partial charge is 0.366 e. The molecule has 0 saturated heterocycles. The highest BCUT2D eigenvalue weighted by Crippen LogP contribution is 2.19. The van der Waals surface area contributed by atoms with Crippen LogP contribution in [0.3, 0.4) is 0 Å². The zero-order valence-corrected chi connectivity index (χ0v) is 9.71. The van der Waals surface area contributed by atoms with Gasteiger partial charge >= 0.3 is 5.91 Å². The van der Waals surface area contributed by atoms with Gasteiger partial charge in [-0.1, -0.05) is 0 Å². The lowest BCUT2D eigenvalue weighted by molar-refractivity contribution is 0.0758. The van der Waals surface area contributed by atoms with E-state index >= 15 is 0 Å². The van der Waals surface area contributed by atoms with Gasteiger partial charge in [0.2, 0.25) is 5.91 Å². The second-order valence-electron chi connectivity index (χ2n) is 3.53. The molecule has 1 aromatic carbocycles. The first-order valence-electron chi connectivity index (χ1n) is 4.85. The van der Waals surface area contributed by atoms with E-state index in [4.69, 9.17) is 5.73 Å². The third-order valence-corrected chi connectivity index (χ3v) is 2.62. The molecule has 1 rings (SSSR count). The number of rotatable bonds is 4. The SMILES string of the molecule is Cc1c(C(N)=O)ccc(C(=O)N(N=O)N=O)c1C. The Bertz CT molecular complexity index is 533. The highest BCUT2D eigenvalue weighted by Gasteiger charge is 2.21. The molecule has 2 N–H and O–H groups in total. The van der Waals surface area contributed by atoms with Crippen molar-refractivity contribution in [3.63, 3.8) is 0 Å². The summed E-state index contributed by atoms with van der Waals surface area (Å²) in [6.45, 7) is 3.15. The minimum absolute atomic E-state index is 0.0525. The Labute approximate surface area is 102 Å². The minimum Gasteiger partial charge on any atom is -0.366 e. The van der Waals surface area contributed by atoms with Crippen LogP contribution >= 0.6 is 0 Å². The third kappa shape index (κ3) is 2.21. The number of nitroso groups, excluding NO2 is 2. The summed E-state index contributed by atoms with van der Waals surface area (Å²) in [5.41, 5.74) is 6.38. The average Bonchev–Trinajstić information content (AvgIpc) is 2.33. The van der Waals surface area contributed by atoms with E-state index in [9.17, 15) is 19.4 Å². The molecule has 8 nitrogen and oxygen atoms in total. The Morgan fingerprint density at radius 1 is 1.06 bits per heavy atom. The quantitative estimate of drug-likeness (QED) is 0.637. The lowest BCUT2D eigenvalue weighted by Crippen LogP contribution is -2.21. The van der Waals surface area contributed by atoms with Crippen molar-refractivity contribution in [3.8, 4) is 0 Å². The Hall–Kier alpha value is -2.64. The van der Waals surface area contributed by atoms with Crippen LogP contribution in [-0.4, -0.2) is 16.9 Å². The Morgan fingerprint density at radius 2 is 1.50 bits per heavy atom. The van der Waals surface area contributed by atoms with Gasteiger partial charge in [-0.15, -0.1) is 9.81 Å². The van der Waals surface area contributed by atoms with Crippen LogP contribution in [0.5, 0.6) is 0 Å². The Kier molecular flexibility index (Phi) is 3.82. The maximum absolute atomic E-state index is 11.7. The van der Waals surface area contributed by atoms with Gasteiger partial charge in [0.1, 0.15) is 0 Å². The molecular weight excluding hydrogens is 240 g/mol. The summed E-state index contributed by atoms with van der Waals surface area (Å²) in [5.74, 6) is -1.59. The molecule has 0 bridgehead atoms. The van der Waals surface area contributed by atoms with Gasteiger partial charge in [-0.2, -0.15) is 0 Å². The molecule has 0 atom stereocenters. The second kappa shape index (κ2) is 5.13. The summed E-state index contributed by atoms with van der Waals surface area (Å²) in [4.78, 5) is 43.2. The molecule has 0 aliphatic carbocycles. The zero-order valence-electron chi connectivity index (χ0n) is 9.71. The zero-order chi connectivity index (χ0) is 13.9. The number of carbonyl (C=O) groups excluding carboxylic acids is 2. The maximum atomic E-state index is 11.7. The van der Waals surface area contributed by atoms with Gasteiger partial charge in [-0.05, 0) is 42.2 Å². The van der Waals surface area contributed by atoms with Crippen LogP contribution in [0.25, 0.3) is 0 Å². The van der Waals surface area contributed by atoms with Gasteiger partial charge in [0.15, 0.2) is 0 Å². The first-order valence-corrected chi connectivity index (χ1v) is 4.85. The van der Waals surface area contributed by atoms with E-state index in [-0.39, 0.29) is 16.2 Å². The molecule has 0 aromatic heterocycles. The van der Waals surface area contributed by atoms with E-state index < -0.39 is 11.8 Å². The first-order chi connectivity index (χ1) is 8.43. The lowest BCUT2D eigenvalue weighted by atomic mass is 9.97. The van der Waals surface area contributed by atoms with Crippen molar-refractivity contribution in [2.24, 2.45) is 16.3 Å². The molecule has 0 fully saturated rings. The van der Waals surface area contributed by atoms with Crippen LogP contribution in [-0.2, 0) is 0 Å². The first kappa shape index (κ1) is 13.4. The van der Waals surface area contributed by atoms with Gasteiger partial charge in [0.05, 0.1) is 10.6 Å². The van der Waals surface area contributed by atoms with E-state index in [2.05, 4.69) is 10.6 Å². The summed E-state index contributed by atoms with van der Waals surface area (Å²) >= 11 is 0. The van der Waals surface area contributed by atoms with E-state index in [1.54, 1.807) is 13.8 Å². The van der Waals surface area contributed by atoms with E-state index in [1.807, 2.05) is 0 Å². The van der Waals surface area contributed by atoms with Crippen molar-refractivity contribution < 1.29 is 9.59 Å². The fraction of sp³-hybridized carbons (Fsp3) is 0.200. The number of primary amides is 1. The average molecular weight is 250 g/mol. The van der Waals surface area contributed by atoms with Crippen molar-refractivity contribution in [3.05, 3.63) is 44.2 Å². The van der Waals surface area contributed by atoms with Crippen LogP contribution in [0.2, 0.25) is 0 Å². The third-order valence-electron chi connectivity index (χ3n) is 2.62. The topological polar surface area (TPSA) is 122 Å². The molecule has 0 radical (unpaired) electrons. The van der Waals surface area contributed by atoms with Crippen molar-refractivity contribution >= 4 is 11.8 Å². The highest BCUT2D eigenvalue weighted by atomic mass is 16.4. The lowest BCUT2D eigenvalue weighted by Gasteiger charge is -2.11. The van der Waals surface area contributed by atoms with Crippen molar-refractivity contribution in [2.75, 3.05) is 0 Å². The molecule has 0 spiro atoms. The molecule has 0 saturated carbocycles. The van der Waals surface area contributed by atoms with Crippen molar-refractivity contribution in [1.82, 2.24) is 5.12 Å². The fourth-order valence-corrected chi connectivity index (χ4v) is 1.52. The normalized spacial score (nSPS) is 9.67. The number of carbonyl (C=O) groups is 2. The maximum Gasteiger partial charge on any atom is 0.302 e. The summed E-state index contributed by atoms with van der Waals surface area (Å²) in [7, 11) is 0. The number of nitrogens with zero attached hydrogens (tertiary/aromatic N) is 3. The monoisotopic (exact) mass is 250 g/mol. The van der Waals surface area contributed by atoms with Gasteiger partial charge in [-0.3, -0.25) is 9.59 Å². The molecule has 1 aromatic rings. The molecule has 94 valence electrons. The molecule has 0 unspecified atom stereocenters. The molecule has 18 heavy (non-hydrogen) atoms. The standard InChI is InChI=1S/C10H10N4O4/c1-5-6(2)8(4-3-7(5)9(11)15)10(16)14(12-17)13-18/h3-4H,1-2H3,(H2,11,15). The molecule has 0 aliphatic rings. The van der Waals surface area contributed by atoms with E-state index in [1.165, 1.54) is 12.1 Å². The van der Waals surface area contributed by atoms with Crippen molar-refractivity contribution in [2.45, 2.75) is 13.8 Å². The van der Waals surface area contributed by atoms with Crippen LogP contribution in [0.4, 0.5) is 0 Å². The van der Waals surface area contributed by atoms with Crippen LogP contribution < -0.4 is 5.73 Å². The fourth-order valence-electron chi connectivity index (χ4n) is 1.52. The number of amides is 2. The summed E-state index contributed by atoms with van der Waals surface area (Å²) in [5, 5.41) is 4.24. The van der Waals surface area contributed by atoms with Gasteiger partial charge in [0.25, 0.3) is 0 Å². The highest BCUT2D eigenvalue weighted by molar-refractivity contribution is 5.99. The van der Waals surface area contributed by atoms with Crippen LogP contribution in [0.15, 0.2) is 22.7 Å². The predicted octanol–water partition coefficient (Wildman–Crippen LogP) is 1.21. The molecule has 0 heterocycles. The molecule has 8 heteroatoms. The number of hydrogen-bond donors (Lipinski definition) is 1. The van der Waals surface area contributed by atoms with E-state index in [0.29, 0.717) is 11.1 Å². The minimum atomic E-state index is -0.961. The number of benzene rings is 1. The van der Waals surface area contributed by atoms with E-state index in [0.717, 1.165) is 0 Å². The second-order valence-corrected chi connectivity index (χ2v) is 3.53. The predicted molar refractivity (Wildman–Crippen MR) is 62.2 cm³/mol. The van der Waals surface area contributed by atoms with Gasteiger partial charge in [0, 0.05) is 11.1 Å². The Morgan fingerprint density at radius 3 is 1.94 bits per heavy atom. The smallest absolute Gasteiger partial charge is 0.302 e. The summed E-state index contributed by atoms with van der Waals surface area (Å²) in [6.07, 6.45) is 0. The Balaban J connectivity index is 3.32. The van der Waals surface area contributed by atoms with Gasteiger partial charge < -0.3 is 5.73 Å². The van der Waals surface area contributed by atoms with Crippen LogP contribution in [0, 0.1) is 23.7 Å². The molecule has 2 amide bonds. The van der Waals surface area contributed by atoms with Crippen molar-refractivity contribution in [1.29, 1.82) is 0 Å². The van der Waals surface area contributed by atoms with Gasteiger partial charge in [-0.25, -0.2) is 0 Å². The number of nitrogens with two attached hydrogens (primary N) is 1. The molecule has 0 aliphatic heterocycles. The molecular formula is C10H10N4O4.